The maximum Gasteiger partial charge on any atom is 0.242 e. The van der Waals surface area contributed by atoms with Crippen LogP contribution in [-0.2, 0) is 10.0 Å². The third kappa shape index (κ3) is 2.28. The summed E-state index contributed by atoms with van der Waals surface area (Å²) in [6.45, 7) is 0. The van der Waals surface area contributed by atoms with Gasteiger partial charge in [0.25, 0.3) is 0 Å². The van der Waals surface area contributed by atoms with Crippen molar-refractivity contribution >= 4 is 21.6 Å². The number of hydrogen-bond donors (Lipinski definition) is 1. The van der Waals surface area contributed by atoms with Crippen molar-refractivity contribution in [1.82, 2.24) is 4.72 Å². The summed E-state index contributed by atoms with van der Waals surface area (Å²) >= 11 is 0. The zero-order chi connectivity index (χ0) is 15.0. The van der Waals surface area contributed by atoms with E-state index in [0.29, 0.717) is 0 Å². The Kier molecular flexibility index (Phi) is 3.19. The van der Waals surface area contributed by atoms with Gasteiger partial charge in [-0.25, -0.2) is 8.42 Å². The summed E-state index contributed by atoms with van der Waals surface area (Å²) in [5.41, 5.74) is 0.337. The molecule has 0 saturated heterocycles. The number of benzene rings is 2. The largest absolute Gasteiger partial charge is 0.292 e. The van der Waals surface area contributed by atoms with Gasteiger partial charge in [0, 0.05) is 11.1 Å². The smallest absolute Gasteiger partial charge is 0.242 e. The van der Waals surface area contributed by atoms with Crippen molar-refractivity contribution in [2.24, 2.45) is 0 Å². The summed E-state index contributed by atoms with van der Waals surface area (Å²) in [5, 5.41) is 0. The lowest BCUT2D eigenvalue weighted by atomic mass is 9.97. The van der Waals surface area contributed by atoms with Gasteiger partial charge in [-0.1, -0.05) is 42.5 Å². The van der Waals surface area contributed by atoms with Crippen molar-refractivity contribution < 1.29 is 18.0 Å². The molecule has 0 unspecified atom stereocenters. The molecule has 0 bridgehead atoms. The van der Waals surface area contributed by atoms with E-state index in [1.54, 1.807) is 36.4 Å². The van der Waals surface area contributed by atoms with E-state index >= 15 is 0 Å². The maximum absolute atomic E-state index is 12.4. The summed E-state index contributed by atoms with van der Waals surface area (Å²) < 4.78 is 26.5. The van der Waals surface area contributed by atoms with E-state index in [1.807, 2.05) is 0 Å². The molecule has 0 spiro atoms. The topological polar surface area (TPSA) is 80.3 Å². The van der Waals surface area contributed by atoms with Crippen LogP contribution in [0, 0.1) is 0 Å². The highest BCUT2D eigenvalue weighted by Crippen LogP contribution is 2.24. The van der Waals surface area contributed by atoms with Crippen molar-refractivity contribution in [3.05, 3.63) is 65.7 Å². The Bertz CT molecular complexity index is 828. The Labute approximate surface area is 121 Å². The van der Waals surface area contributed by atoms with Gasteiger partial charge in [0.1, 0.15) is 6.04 Å². The molecular weight excluding hydrogens is 290 g/mol. The summed E-state index contributed by atoms with van der Waals surface area (Å²) in [5.74, 6) is -1.09. The van der Waals surface area contributed by atoms with Crippen LogP contribution in [0.15, 0.2) is 59.5 Å². The van der Waals surface area contributed by atoms with Crippen molar-refractivity contribution in [3.8, 4) is 0 Å². The number of rotatable bonds is 2. The summed E-state index contributed by atoms with van der Waals surface area (Å²) in [6.07, 6.45) is 0. The van der Waals surface area contributed by atoms with Crippen LogP contribution in [0.1, 0.15) is 20.7 Å². The first kappa shape index (κ1) is 13.7. The molecule has 106 valence electrons. The summed E-state index contributed by atoms with van der Waals surface area (Å²) in [7, 11) is -3.87. The fourth-order valence-corrected chi connectivity index (χ4v) is 3.64. The van der Waals surface area contributed by atoms with Gasteiger partial charge in [-0.05, 0) is 12.1 Å². The molecule has 1 aliphatic heterocycles. The van der Waals surface area contributed by atoms with E-state index < -0.39 is 27.6 Å². The lowest BCUT2D eigenvalue weighted by Crippen LogP contribution is -2.50. The fourth-order valence-electron chi connectivity index (χ4n) is 2.27. The van der Waals surface area contributed by atoms with Crippen LogP contribution in [0.4, 0.5) is 0 Å². The monoisotopic (exact) mass is 301 g/mol. The van der Waals surface area contributed by atoms with Crippen molar-refractivity contribution in [1.29, 1.82) is 0 Å². The molecule has 1 heterocycles. The lowest BCUT2D eigenvalue weighted by molar-refractivity contribution is 0.0846. The van der Waals surface area contributed by atoms with Gasteiger partial charge in [-0.15, -0.1) is 0 Å². The molecule has 0 aromatic heterocycles. The highest BCUT2D eigenvalue weighted by Gasteiger charge is 2.40. The standard InChI is InChI=1S/C15H11NO4S/c17-14(10-6-2-1-3-7-10)13-15(18)11-8-4-5-9-12(11)21(19,20)16-13/h1-9,13,16H/t13-/m1/s1. The SMILES string of the molecule is O=C(c1ccccc1)[C@H]1NS(=O)(=O)c2ccccc2C1=O. The molecule has 0 fully saturated rings. The Morgan fingerprint density at radius 1 is 0.952 bits per heavy atom. The lowest BCUT2D eigenvalue weighted by Gasteiger charge is -2.23. The van der Waals surface area contributed by atoms with Crippen LogP contribution in [-0.4, -0.2) is 26.0 Å². The third-order valence-electron chi connectivity index (χ3n) is 3.30. The van der Waals surface area contributed by atoms with Crippen LogP contribution in [0.2, 0.25) is 0 Å². The van der Waals surface area contributed by atoms with Crippen LogP contribution < -0.4 is 4.72 Å². The predicted octanol–water partition coefficient (Wildman–Crippen LogP) is 1.41. The van der Waals surface area contributed by atoms with Gasteiger partial charge in [-0.3, -0.25) is 9.59 Å². The molecule has 5 nitrogen and oxygen atoms in total. The highest BCUT2D eigenvalue weighted by molar-refractivity contribution is 7.89. The van der Waals surface area contributed by atoms with Crippen molar-refractivity contribution in [3.63, 3.8) is 0 Å². The van der Waals surface area contributed by atoms with Gasteiger partial charge in [0.05, 0.1) is 4.90 Å². The third-order valence-corrected chi connectivity index (χ3v) is 4.78. The van der Waals surface area contributed by atoms with Crippen LogP contribution in [0.25, 0.3) is 0 Å². The van der Waals surface area contributed by atoms with E-state index in [4.69, 9.17) is 0 Å². The minimum Gasteiger partial charge on any atom is -0.292 e. The van der Waals surface area contributed by atoms with Crippen LogP contribution in [0.5, 0.6) is 0 Å². The second-order valence-electron chi connectivity index (χ2n) is 4.64. The molecule has 0 amide bonds. The fraction of sp³-hybridized carbons (Fsp3) is 0.0667. The first-order valence-electron chi connectivity index (χ1n) is 6.25. The second kappa shape index (κ2) is 4.91. The molecule has 0 aliphatic carbocycles. The average molecular weight is 301 g/mol. The molecule has 1 aliphatic rings. The number of nitrogens with one attached hydrogen (secondary N) is 1. The molecule has 1 N–H and O–H groups in total. The summed E-state index contributed by atoms with van der Waals surface area (Å²) in [6, 6.07) is 12.6. The van der Waals surface area contributed by atoms with Gasteiger partial charge < -0.3 is 0 Å². The predicted molar refractivity (Wildman–Crippen MR) is 75.7 cm³/mol. The normalized spacial score (nSPS) is 19.8. The molecule has 2 aromatic carbocycles. The molecule has 0 saturated carbocycles. The second-order valence-corrected chi connectivity index (χ2v) is 6.33. The number of hydrogen-bond acceptors (Lipinski definition) is 4. The van der Waals surface area contributed by atoms with Gasteiger partial charge in [-0.2, -0.15) is 4.72 Å². The summed E-state index contributed by atoms with van der Waals surface area (Å²) in [4.78, 5) is 24.6. The van der Waals surface area contributed by atoms with Crippen LogP contribution >= 0.6 is 0 Å². The molecule has 0 radical (unpaired) electrons. The minimum atomic E-state index is -3.87. The van der Waals surface area contributed by atoms with Gasteiger partial charge >= 0.3 is 0 Å². The number of carbonyl (C=O) groups is 2. The number of Topliss-reactive ketones (excluding diaryl/α,β-unsaturated/α-hetero) is 2. The first-order chi connectivity index (χ1) is 10.0. The Hall–Kier alpha value is -2.31. The van der Waals surface area contributed by atoms with E-state index in [-0.39, 0.29) is 16.0 Å². The average Bonchev–Trinajstić information content (AvgIpc) is 2.51. The number of fused-ring (bicyclic) bond motifs is 1. The number of ketones is 2. The zero-order valence-corrected chi connectivity index (χ0v) is 11.6. The molecule has 1 atom stereocenters. The number of sulfonamides is 1. The maximum atomic E-state index is 12.4. The van der Waals surface area contributed by atoms with E-state index in [2.05, 4.69) is 4.72 Å². The minimum absolute atomic E-state index is 0.0468. The first-order valence-corrected chi connectivity index (χ1v) is 7.74. The highest BCUT2D eigenvalue weighted by atomic mass is 32.2. The molecule has 6 heteroatoms. The van der Waals surface area contributed by atoms with Gasteiger partial charge in [0.15, 0.2) is 11.6 Å². The van der Waals surface area contributed by atoms with E-state index in [1.165, 1.54) is 18.2 Å². The van der Waals surface area contributed by atoms with E-state index in [9.17, 15) is 18.0 Å². The molecular formula is C15H11NO4S. The Balaban J connectivity index is 2.08. The van der Waals surface area contributed by atoms with Crippen molar-refractivity contribution in [2.75, 3.05) is 0 Å². The molecule has 2 aromatic rings. The van der Waals surface area contributed by atoms with Crippen LogP contribution in [0.3, 0.4) is 0 Å². The number of carbonyl (C=O) groups excluding carboxylic acids is 2. The molecule has 3 rings (SSSR count). The molecule has 21 heavy (non-hydrogen) atoms. The van der Waals surface area contributed by atoms with Gasteiger partial charge in [0.2, 0.25) is 10.0 Å². The Morgan fingerprint density at radius 2 is 1.57 bits per heavy atom. The zero-order valence-electron chi connectivity index (χ0n) is 10.8. The van der Waals surface area contributed by atoms with Crippen molar-refractivity contribution in [2.45, 2.75) is 10.9 Å². The van der Waals surface area contributed by atoms with E-state index in [0.717, 1.165) is 0 Å². The quantitative estimate of drug-likeness (QED) is 0.672. The Morgan fingerprint density at radius 3 is 2.29 bits per heavy atom.